The first-order chi connectivity index (χ1) is 9.15. The largest absolute Gasteiger partial charge is 0.497 e. The predicted octanol–water partition coefficient (Wildman–Crippen LogP) is 3.91. The fourth-order valence-corrected chi connectivity index (χ4v) is 1.72. The smallest absolute Gasteiger partial charge is 0.303 e. The van der Waals surface area contributed by atoms with Crippen molar-refractivity contribution in [2.75, 3.05) is 7.11 Å². The van der Waals surface area contributed by atoms with Crippen LogP contribution in [0.1, 0.15) is 31.7 Å². The standard InChI is InChI=1S/C16H20O3/c1-3-5-13(10-11-16(17)18)8-9-14-6-4-7-15(12-14)19-2/h4-9,12H,3,10-11H2,1-2H3,(H,17,18)/b9-8+,13-5+. The molecule has 0 saturated carbocycles. The lowest BCUT2D eigenvalue weighted by molar-refractivity contribution is -0.136. The number of hydrogen-bond donors (Lipinski definition) is 1. The molecule has 102 valence electrons. The van der Waals surface area contributed by atoms with Crippen molar-refractivity contribution in [3.8, 4) is 5.75 Å². The van der Waals surface area contributed by atoms with E-state index in [0.29, 0.717) is 6.42 Å². The van der Waals surface area contributed by atoms with Crippen molar-refractivity contribution >= 4 is 12.0 Å². The van der Waals surface area contributed by atoms with Crippen molar-refractivity contribution < 1.29 is 14.6 Å². The Balaban J connectivity index is 2.74. The minimum atomic E-state index is -0.767. The molecule has 0 radical (unpaired) electrons. The summed E-state index contributed by atoms with van der Waals surface area (Å²) in [7, 11) is 1.64. The minimum absolute atomic E-state index is 0.161. The third-order valence-corrected chi connectivity index (χ3v) is 2.68. The lowest BCUT2D eigenvalue weighted by Crippen LogP contribution is -1.94. The quantitative estimate of drug-likeness (QED) is 0.756. The van der Waals surface area contributed by atoms with E-state index in [1.165, 1.54) is 0 Å². The van der Waals surface area contributed by atoms with E-state index < -0.39 is 5.97 Å². The highest BCUT2D eigenvalue weighted by Gasteiger charge is 1.99. The monoisotopic (exact) mass is 260 g/mol. The van der Waals surface area contributed by atoms with Gasteiger partial charge in [0.25, 0.3) is 0 Å². The maximum absolute atomic E-state index is 10.6. The molecule has 0 atom stereocenters. The van der Waals surface area contributed by atoms with Gasteiger partial charge in [0.15, 0.2) is 0 Å². The Kier molecular flexibility index (Phi) is 6.44. The van der Waals surface area contributed by atoms with E-state index in [0.717, 1.165) is 23.3 Å². The van der Waals surface area contributed by atoms with Crippen LogP contribution in [-0.2, 0) is 4.79 Å². The van der Waals surface area contributed by atoms with Crippen molar-refractivity contribution in [3.63, 3.8) is 0 Å². The zero-order valence-electron chi connectivity index (χ0n) is 11.4. The number of methoxy groups -OCH3 is 1. The van der Waals surface area contributed by atoms with Gasteiger partial charge in [0, 0.05) is 6.42 Å². The number of carboxylic acids is 1. The second kappa shape index (κ2) is 8.14. The summed E-state index contributed by atoms with van der Waals surface area (Å²) in [5, 5.41) is 8.72. The molecular weight excluding hydrogens is 240 g/mol. The molecule has 0 aliphatic heterocycles. The molecule has 0 spiro atoms. The first-order valence-electron chi connectivity index (χ1n) is 6.38. The third-order valence-electron chi connectivity index (χ3n) is 2.68. The van der Waals surface area contributed by atoms with E-state index in [1.807, 2.05) is 43.3 Å². The van der Waals surface area contributed by atoms with Crippen molar-refractivity contribution in [1.82, 2.24) is 0 Å². The molecule has 1 rings (SSSR count). The highest BCUT2D eigenvalue weighted by atomic mass is 16.5. The van der Waals surface area contributed by atoms with E-state index in [-0.39, 0.29) is 6.42 Å². The molecule has 1 N–H and O–H groups in total. The fourth-order valence-electron chi connectivity index (χ4n) is 1.72. The molecule has 0 unspecified atom stereocenters. The van der Waals surface area contributed by atoms with Gasteiger partial charge in [-0.1, -0.05) is 42.9 Å². The van der Waals surface area contributed by atoms with Crippen molar-refractivity contribution in [2.24, 2.45) is 0 Å². The van der Waals surface area contributed by atoms with E-state index in [2.05, 4.69) is 6.08 Å². The van der Waals surface area contributed by atoms with Crippen molar-refractivity contribution in [3.05, 3.63) is 47.6 Å². The highest BCUT2D eigenvalue weighted by Crippen LogP contribution is 2.16. The summed E-state index contributed by atoms with van der Waals surface area (Å²) in [5.41, 5.74) is 2.09. The van der Waals surface area contributed by atoms with Gasteiger partial charge in [0.2, 0.25) is 0 Å². The van der Waals surface area contributed by atoms with Gasteiger partial charge in [-0.25, -0.2) is 0 Å². The number of allylic oxidation sites excluding steroid dienone is 3. The van der Waals surface area contributed by atoms with Crippen LogP contribution in [0.2, 0.25) is 0 Å². The first-order valence-corrected chi connectivity index (χ1v) is 6.38. The maximum atomic E-state index is 10.6. The Morgan fingerprint density at radius 3 is 2.79 bits per heavy atom. The second-order valence-corrected chi connectivity index (χ2v) is 4.19. The molecule has 0 heterocycles. The number of hydrogen-bond acceptors (Lipinski definition) is 2. The maximum Gasteiger partial charge on any atom is 0.303 e. The SMILES string of the molecule is CC/C=C(\C=C\c1cccc(OC)c1)CCC(=O)O. The molecule has 0 fully saturated rings. The van der Waals surface area contributed by atoms with Gasteiger partial charge in [-0.05, 0) is 30.5 Å². The van der Waals surface area contributed by atoms with Gasteiger partial charge in [-0.15, -0.1) is 0 Å². The molecular formula is C16H20O3. The van der Waals surface area contributed by atoms with E-state index >= 15 is 0 Å². The number of aliphatic carboxylic acids is 1. The molecule has 19 heavy (non-hydrogen) atoms. The van der Waals surface area contributed by atoms with Crippen LogP contribution in [0.4, 0.5) is 0 Å². The molecule has 0 amide bonds. The highest BCUT2D eigenvalue weighted by molar-refractivity contribution is 5.67. The van der Waals surface area contributed by atoms with Gasteiger partial charge in [-0.2, -0.15) is 0 Å². The van der Waals surface area contributed by atoms with Crippen LogP contribution in [0.5, 0.6) is 5.75 Å². The lowest BCUT2D eigenvalue weighted by atomic mass is 10.1. The Hall–Kier alpha value is -2.03. The molecule has 0 aliphatic rings. The van der Waals surface area contributed by atoms with Crippen LogP contribution in [0.15, 0.2) is 42.0 Å². The van der Waals surface area contributed by atoms with Crippen LogP contribution in [0.25, 0.3) is 6.08 Å². The molecule has 0 bridgehead atoms. The second-order valence-electron chi connectivity index (χ2n) is 4.19. The van der Waals surface area contributed by atoms with E-state index in [1.54, 1.807) is 7.11 Å². The van der Waals surface area contributed by atoms with Gasteiger partial charge in [0.05, 0.1) is 7.11 Å². The minimum Gasteiger partial charge on any atom is -0.497 e. The normalized spacial score (nSPS) is 11.8. The topological polar surface area (TPSA) is 46.5 Å². The van der Waals surface area contributed by atoms with Crippen LogP contribution >= 0.6 is 0 Å². The zero-order valence-corrected chi connectivity index (χ0v) is 11.4. The third kappa shape index (κ3) is 5.91. The van der Waals surface area contributed by atoms with Gasteiger partial charge in [-0.3, -0.25) is 4.79 Å². The van der Waals surface area contributed by atoms with Crippen LogP contribution in [0, 0.1) is 0 Å². The summed E-state index contributed by atoms with van der Waals surface area (Å²) in [6.07, 6.45) is 7.63. The number of carboxylic acid groups (broad SMARTS) is 1. The Labute approximate surface area is 114 Å². The van der Waals surface area contributed by atoms with Crippen LogP contribution < -0.4 is 4.74 Å². The fraction of sp³-hybridized carbons (Fsp3) is 0.312. The molecule has 0 aliphatic carbocycles. The first kappa shape index (κ1) is 15.0. The number of carbonyl (C=O) groups is 1. The van der Waals surface area contributed by atoms with Crippen LogP contribution in [0.3, 0.4) is 0 Å². The average molecular weight is 260 g/mol. The van der Waals surface area contributed by atoms with Crippen molar-refractivity contribution in [2.45, 2.75) is 26.2 Å². The molecule has 3 nitrogen and oxygen atoms in total. The summed E-state index contributed by atoms with van der Waals surface area (Å²) in [6, 6.07) is 7.75. The summed E-state index contributed by atoms with van der Waals surface area (Å²) in [6.45, 7) is 2.04. The van der Waals surface area contributed by atoms with Gasteiger partial charge < -0.3 is 9.84 Å². The number of ether oxygens (including phenoxy) is 1. The summed E-state index contributed by atoms with van der Waals surface area (Å²) < 4.78 is 5.16. The molecule has 0 saturated heterocycles. The Morgan fingerprint density at radius 1 is 1.37 bits per heavy atom. The van der Waals surface area contributed by atoms with Gasteiger partial charge >= 0.3 is 5.97 Å². The molecule has 0 aromatic heterocycles. The molecule has 1 aromatic rings. The van der Waals surface area contributed by atoms with E-state index in [9.17, 15) is 4.79 Å². The van der Waals surface area contributed by atoms with Crippen LogP contribution in [-0.4, -0.2) is 18.2 Å². The summed E-state index contributed by atoms with van der Waals surface area (Å²) in [4.78, 5) is 10.6. The van der Waals surface area contributed by atoms with Crippen molar-refractivity contribution in [1.29, 1.82) is 0 Å². The predicted molar refractivity (Wildman–Crippen MR) is 77.3 cm³/mol. The number of rotatable bonds is 7. The average Bonchev–Trinajstić information content (AvgIpc) is 2.42. The summed E-state index contributed by atoms with van der Waals surface area (Å²) in [5.74, 6) is 0.0468. The Bertz CT molecular complexity index is 473. The van der Waals surface area contributed by atoms with Gasteiger partial charge in [0.1, 0.15) is 5.75 Å². The zero-order chi connectivity index (χ0) is 14.1. The molecule has 3 heteroatoms. The lowest BCUT2D eigenvalue weighted by Gasteiger charge is -2.02. The van der Waals surface area contributed by atoms with E-state index in [4.69, 9.17) is 9.84 Å². The summed E-state index contributed by atoms with van der Waals surface area (Å²) >= 11 is 0. The number of benzene rings is 1. The molecule has 1 aromatic carbocycles. The Morgan fingerprint density at radius 2 is 2.16 bits per heavy atom.